The number of nitrogens with one attached hydrogen (secondary N) is 1. The Morgan fingerprint density at radius 3 is 2.39 bits per heavy atom. The minimum Gasteiger partial charge on any atom is -0.353 e. The van der Waals surface area contributed by atoms with Crippen LogP contribution in [0.3, 0.4) is 0 Å². The van der Waals surface area contributed by atoms with Gasteiger partial charge in [0.15, 0.2) is 0 Å². The molecule has 4 nitrogen and oxygen atoms in total. The highest BCUT2D eigenvalue weighted by Crippen LogP contribution is 2.26. The lowest BCUT2D eigenvalue weighted by Gasteiger charge is -2.24. The summed E-state index contributed by atoms with van der Waals surface area (Å²) in [5.74, 6) is -0.109. The first-order chi connectivity index (χ1) is 8.63. The molecule has 0 heterocycles. The third-order valence-corrected chi connectivity index (χ3v) is 4.01. The number of likely N-dealkylation sites (N-methyl/N-ethyl adjacent to an activating group) is 1. The van der Waals surface area contributed by atoms with Gasteiger partial charge in [0, 0.05) is 19.1 Å². The lowest BCUT2D eigenvalue weighted by Crippen LogP contribution is -2.43. The molecule has 1 saturated carbocycles. The van der Waals surface area contributed by atoms with Crippen molar-refractivity contribution in [3.8, 4) is 6.07 Å². The SMILES string of the molecule is CCN(CCNC(=O)C(C#N)(CC)CC)C1CC1. The fourth-order valence-corrected chi connectivity index (χ4v) is 2.30. The van der Waals surface area contributed by atoms with Crippen molar-refractivity contribution in [1.82, 2.24) is 10.2 Å². The molecule has 1 fully saturated rings. The first kappa shape index (κ1) is 15.0. The van der Waals surface area contributed by atoms with Gasteiger partial charge in [0.1, 0.15) is 5.41 Å². The third kappa shape index (κ3) is 3.46. The van der Waals surface area contributed by atoms with Crippen LogP contribution >= 0.6 is 0 Å². The monoisotopic (exact) mass is 251 g/mol. The first-order valence-electron chi connectivity index (χ1n) is 7.07. The van der Waals surface area contributed by atoms with E-state index in [-0.39, 0.29) is 5.91 Å². The standard InChI is InChI=1S/C14H25N3O/c1-4-14(5-2,11-15)13(18)16-9-10-17(6-3)12-7-8-12/h12H,4-10H2,1-3H3,(H,16,18). The van der Waals surface area contributed by atoms with Gasteiger partial charge >= 0.3 is 0 Å². The van der Waals surface area contributed by atoms with Crippen LogP contribution < -0.4 is 5.32 Å². The van der Waals surface area contributed by atoms with E-state index in [0.717, 1.165) is 19.1 Å². The van der Waals surface area contributed by atoms with Gasteiger partial charge in [-0.15, -0.1) is 0 Å². The normalized spacial score (nSPS) is 15.5. The average Bonchev–Trinajstić information content (AvgIpc) is 3.22. The molecule has 0 atom stereocenters. The topological polar surface area (TPSA) is 56.1 Å². The zero-order valence-electron chi connectivity index (χ0n) is 11.8. The van der Waals surface area contributed by atoms with Gasteiger partial charge in [-0.3, -0.25) is 9.69 Å². The van der Waals surface area contributed by atoms with E-state index in [2.05, 4.69) is 23.2 Å². The number of rotatable bonds is 8. The highest BCUT2D eigenvalue weighted by Gasteiger charge is 2.35. The van der Waals surface area contributed by atoms with Crippen LogP contribution in [0.4, 0.5) is 0 Å². The van der Waals surface area contributed by atoms with Gasteiger partial charge in [-0.2, -0.15) is 5.26 Å². The smallest absolute Gasteiger partial charge is 0.240 e. The maximum absolute atomic E-state index is 12.1. The zero-order valence-corrected chi connectivity index (χ0v) is 11.8. The fourth-order valence-electron chi connectivity index (χ4n) is 2.30. The molecule has 0 aliphatic heterocycles. The van der Waals surface area contributed by atoms with Crippen molar-refractivity contribution in [2.75, 3.05) is 19.6 Å². The van der Waals surface area contributed by atoms with Crippen molar-refractivity contribution < 1.29 is 4.79 Å². The summed E-state index contributed by atoms with van der Waals surface area (Å²) >= 11 is 0. The molecule has 0 saturated heterocycles. The van der Waals surface area contributed by atoms with Crippen LogP contribution in [0.1, 0.15) is 46.5 Å². The number of amides is 1. The van der Waals surface area contributed by atoms with Gasteiger partial charge in [0.25, 0.3) is 0 Å². The van der Waals surface area contributed by atoms with Crippen LogP contribution in [0.15, 0.2) is 0 Å². The van der Waals surface area contributed by atoms with Gasteiger partial charge in [0.2, 0.25) is 5.91 Å². The maximum Gasteiger partial charge on any atom is 0.240 e. The molecule has 1 aliphatic rings. The molecule has 0 radical (unpaired) electrons. The highest BCUT2D eigenvalue weighted by atomic mass is 16.2. The molecule has 0 aromatic carbocycles. The molecule has 0 unspecified atom stereocenters. The maximum atomic E-state index is 12.1. The molecule has 18 heavy (non-hydrogen) atoms. The molecule has 102 valence electrons. The Balaban J connectivity index is 2.38. The summed E-state index contributed by atoms with van der Waals surface area (Å²) in [5, 5.41) is 12.1. The third-order valence-electron chi connectivity index (χ3n) is 4.01. The van der Waals surface area contributed by atoms with E-state index in [1.165, 1.54) is 12.8 Å². The molecule has 1 amide bonds. The van der Waals surface area contributed by atoms with Crippen molar-refractivity contribution in [3.63, 3.8) is 0 Å². The highest BCUT2D eigenvalue weighted by molar-refractivity contribution is 5.85. The fraction of sp³-hybridized carbons (Fsp3) is 0.857. The van der Waals surface area contributed by atoms with Crippen LogP contribution in [0.25, 0.3) is 0 Å². The Bertz CT molecular complexity index is 313. The minimum absolute atomic E-state index is 0.109. The molecule has 1 N–H and O–H groups in total. The molecule has 0 aromatic rings. The summed E-state index contributed by atoms with van der Waals surface area (Å²) in [5.41, 5.74) is -0.837. The number of carbonyl (C=O) groups is 1. The zero-order chi connectivity index (χ0) is 13.6. The Labute approximate surface area is 110 Å². The Kier molecular flexibility index (Phi) is 5.61. The van der Waals surface area contributed by atoms with Crippen LogP contribution in [0, 0.1) is 16.7 Å². The van der Waals surface area contributed by atoms with E-state index >= 15 is 0 Å². The van der Waals surface area contributed by atoms with Gasteiger partial charge in [0.05, 0.1) is 6.07 Å². The van der Waals surface area contributed by atoms with E-state index in [1.807, 2.05) is 13.8 Å². The quantitative estimate of drug-likeness (QED) is 0.717. The molecule has 1 rings (SSSR count). The predicted octanol–water partition coefficient (Wildman–Crippen LogP) is 1.92. The predicted molar refractivity (Wildman–Crippen MR) is 71.9 cm³/mol. The molecule has 1 aliphatic carbocycles. The minimum atomic E-state index is -0.837. The Morgan fingerprint density at radius 1 is 1.39 bits per heavy atom. The van der Waals surface area contributed by atoms with Crippen molar-refractivity contribution in [2.45, 2.75) is 52.5 Å². The summed E-state index contributed by atoms with van der Waals surface area (Å²) in [7, 11) is 0. The van der Waals surface area contributed by atoms with Crippen LogP contribution in [0.5, 0.6) is 0 Å². The number of hydrogen-bond donors (Lipinski definition) is 1. The van der Waals surface area contributed by atoms with Crippen molar-refractivity contribution >= 4 is 5.91 Å². The number of nitrogens with zero attached hydrogens (tertiary/aromatic N) is 2. The van der Waals surface area contributed by atoms with E-state index in [1.54, 1.807) is 0 Å². The second kappa shape index (κ2) is 6.75. The average molecular weight is 251 g/mol. The van der Waals surface area contributed by atoms with Crippen molar-refractivity contribution in [3.05, 3.63) is 0 Å². The molecule has 0 spiro atoms. The molecular weight excluding hydrogens is 226 g/mol. The van der Waals surface area contributed by atoms with E-state index < -0.39 is 5.41 Å². The van der Waals surface area contributed by atoms with Gasteiger partial charge in [-0.25, -0.2) is 0 Å². The molecular formula is C14H25N3O. The second-order valence-electron chi connectivity index (χ2n) is 5.02. The number of hydrogen-bond acceptors (Lipinski definition) is 3. The Hall–Kier alpha value is -1.08. The van der Waals surface area contributed by atoms with Crippen molar-refractivity contribution in [2.24, 2.45) is 5.41 Å². The largest absolute Gasteiger partial charge is 0.353 e. The van der Waals surface area contributed by atoms with Crippen LogP contribution in [-0.2, 0) is 4.79 Å². The van der Waals surface area contributed by atoms with E-state index in [4.69, 9.17) is 0 Å². The summed E-state index contributed by atoms with van der Waals surface area (Å²) in [6, 6.07) is 2.90. The molecule has 4 heteroatoms. The molecule has 0 aromatic heterocycles. The van der Waals surface area contributed by atoms with Crippen LogP contribution in [-0.4, -0.2) is 36.5 Å². The summed E-state index contributed by atoms with van der Waals surface area (Å²) < 4.78 is 0. The summed E-state index contributed by atoms with van der Waals surface area (Å²) in [4.78, 5) is 14.5. The Morgan fingerprint density at radius 2 is 2.00 bits per heavy atom. The first-order valence-corrected chi connectivity index (χ1v) is 7.07. The van der Waals surface area contributed by atoms with Gasteiger partial charge < -0.3 is 5.32 Å². The second-order valence-corrected chi connectivity index (χ2v) is 5.02. The van der Waals surface area contributed by atoms with Crippen molar-refractivity contribution in [1.29, 1.82) is 5.26 Å². The summed E-state index contributed by atoms with van der Waals surface area (Å²) in [6.07, 6.45) is 3.72. The van der Waals surface area contributed by atoms with E-state index in [0.29, 0.717) is 19.4 Å². The van der Waals surface area contributed by atoms with Gasteiger partial charge in [-0.05, 0) is 32.2 Å². The number of carbonyl (C=O) groups excluding carboxylic acids is 1. The number of nitriles is 1. The lowest BCUT2D eigenvalue weighted by atomic mass is 9.83. The summed E-state index contributed by atoms with van der Waals surface area (Å²) in [6.45, 7) is 8.52. The lowest BCUT2D eigenvalue weighted by molar-refractivity contribution is -0.128. The molecule has 0 bridgehead atoms. The van der Waals surface area contributed by atoms with Gasteiger partial charge in [-0.1, -0.05) is 20.8 Å². The van der Waals surface area contributed by atoms with Crippen LogP contribution in [0.2, 0.25) is 0 Å². The van der Waals surface area contributed by atoms with E-state index in [9.17, 15) is 10.1 Å².